The first kappa shape index (κ1) is 25.2. The smallest absolute Gasteiger partial charge is 0.252 e. The number of sulfonamides is 1. The van der Waals surface area contributed by atoms with E-state index in [2.05, 4.69) is 17.0 Å². The van der Waals surface area contributed by atoms with E-state index in [4.69, 9.17) is 0 Å². The molecule has 2 atom stereocenters. The first-order chi connectivity index (χ1) is 13.4. The number of rotatable bonds is 17. The summed E-state index contributed by atoms with van der Waals surface area (Å²) < 4.78 is 27.4. The standard InChI is InChI=1S/C20H36N2O4S2/c1-3-4-5-6-7-8-9-10-11-12-15-21-20(17-23,18(2)24)22-28(25,26)19-14-13-16-27-19/h13-14,16-18,21-22,24H,3-12,15H2,1-2H3/t18-,20-/m1/s1. The van der Waals surface area contributed by atoms with E-state index in [1.165, 1.54) is 57.9 Å². The molecule has 0 bridgehead atoms. The number of carbonyl (C=O) groups excluding carboxylic acids is 1. The van der Waals surface area contributed by atoms with Crippen LogP contribution in [0.4, 0.5) is 0 Å². The van der Waals surface area contributed by atoms with Crippen molar-refractivity contribution in [1.29, 1.82) is 0 Å². The van der Waals surface area contributed by atoms with Gasteiger partial charge in [-0.25, -0.2) is 8.42 Å². The Morgan fingerprint density at radius 2 is 1.68 bits per heavy atom. The van der Waals surface area contributed by atoms with Crippen LogP contribution in [0.2, 0.25) is 0 Å². The molecule has 0 unspecified atom stereocenters. The molecule has 1 rings (SSSR count). The van der Waals surface area contributed by atoms with E-state index in [1.54, 1.807) is 11.4 Å². The third-order valence-corrected chi connectivity index (χ3v) is 7.74. The van der Waals surface area contributed by atoms with E-state index in [9.17, 15) is 18.3 Å². The lowest BCUT2D eigenvalue weighted by molar-refractivity contribution is -0.118. The van der Waals surface area contributed by atoms with Crippen LogP contribution in [0.3, 0.4) is 0 Å². The molecule has 0 saturated carbocycles. The normalized spacial score (nSPS) is 15.2. The highest BCUT2D eigenvalue weighted by Gasteiger charge is 2.39. The van der Waals surface area contributed by atoms with Crippen LogP contribution < -0.4 is 10.0 Å². The number of hydrogen-bond acceptors (Lipinski definition) is 6. The van der Waals surface area contributed by atoms with Crippen LogP contribution in [-0.4, -0.2) is 38.1 Å². The topological polar surface area (TPSA) is 95.5 Å². The maximum absolute atomic E-state index is 12.5. The van der Waals surface area contributed by atoms with E-state index >= 15 is 0 Å². The first-order valence-electron chi connectivity index (χ1n) is 10.3. The zero-order valence-electron chi connectivity index (χ0n) is 17.2. The fourth-order valence-electron chi connectivity index (χ4n) is 3.03. The predicted molar refractivity (Wildman–Crippen MR) is 115 cm³/mol. The van der Waals surface area contributed by atoms with Crippen molar-refractivity contribution in [3.05, 3.63) is 17.5 Å². The molecule has 8 heteroatoms. The number of aldehydes is 1. The van der Waals surface area contributed by atoms with Crippen molar-refractivity contribution in [3.63, 3.8) is 0 Å². The molecular weight excluding hydrogens is 396 g/mol. The van der Waals surface area contributed by atoms with Crippen molar-refractivity contribution in [1.82, 2.24) is 10.0 Å². The van der Waals surface area contributed by atoms with Gasteiger partial charge in [-0.2, -0.15) is 4.72 Å². The van der Waals surface area contributed by atoms with Crippen LogP contribution in [0.1, 0.15) is 78.1 Å². The lowest BCUT2D eigenvalue weighted by Crippen LogP contribution is -2.66. The fourth-order valence-corrected chi connectivity index (χ4v) is 5.37. The minimum Gasteiger partial charge on any atom is -0.390 e. The maximum atomic E-state index is 12.5. The van der Waals surface area contributed by atoms with Gasteiger partial charge in [0.25, 0.3) is 10.0 Å². The van der Waals surface area contributed by atoms with Gasteiger partial charge in [-0.05, 0) is 31.3 Å². The second-order valence-electron chi connectivity index (χ2n) is 7.31. The summed E-state index contributed by atoms with van der Waals surface area (Å²) in [6, 6.07) is 3.09. The van der Waals surface area contributed by atoms with Gasteiger partial charge in [0.05, 0.1) is 6.10 Å². The quantitative estimate of drug-likeness (QED) is 0.198. The molecule has 28 heavy (non-hydrogen) atoms. The van der Waals surface area contributed by atoms with E-state index in [1.807, 2.05) is 0 Å². The number of unbranched alkanes of at least 4 members (excludes halogenated alkanes) is 9. The van der Waals surface area contributed by atoms with Crippen LogP contribution in [0.5, 0.6) is 0 Å². The highest BCUT2D eigenvalue weighted by molar-refractivity contribution is 7.91. The van der Waals surface area contributed by atoms with Crippen molar-refractivity contribution in [2.75, 3.05) is 6.54 Å². The molecule has 162 valence electrons. The van der Waals surface area contributed by atoms with Gasteiger partial charge in [-0.1, -0.05) is 70.8 Å². The minimum absolute atomic E-state index is 0.111. The monoisotopic (exact) mass is 432 g/mol. The second-order valence-corrected chi connectivity index (χ2v) is 10.2. The molecule has 0 saturated heterocycles. The molecule has 1 aromatic rings. The van der Waals surface area contributed by atoms with Crippen molar-refractivity contribution < 1.29 is 18.3 Å². The van der Waals surface area contributed by atoms with Crippen LogP contribution in [-0.2, 0) is 14.8 Å². The summed E-state index contributed by atoms with van der Waals surface area (Å²) in [5, 5.41) is 14.6. The highest BCUT2D eigenvalue weighted by atomic mass is 32.2. The number of nitrogens with one attached hydrogen (secondary N) is 2. The van der Waals surface area contributed by atoms with Gasteiger partial charge < -0.3 is 5.11 Å². The first-order valence-corrected chi connectivity index (χ1v) is 12.7. The van der Waals surface area contributed by atoms with Crippen LogP contribution in [0.15, 0.2) is 21.7 Å². The Kier molecular flexibility index (Phi) is 12.1. The van der Waals surface area contributed by atoms with E-state index in [-0.39, 0.29) is 4.21 Å². The number of carbonyl (C=O) groups is 1. The molecule has 0 aliphatic rings. The third kappa shape index (κ3) is 8.69. The summed E-state index contributed by atoms with van der Waals surface area (Å²) in [6.07, 6.45) is 11.2. The number of aliphatic hydroxyl groups excluding tert-OH is 1. The van der Waals surface area contributed by atoms with Crippen LogP contribution in [0.25, 0.3) is 0 Å². The van der Waals surface area contributed by atoms with Crippen LogP contribution >= 0.6 is 11.3 Å². The molecule has 0 spiro atoms. The fraction of sp³-hybridized carbons (Fsp3) is 0.750. The van der Waals surface area contributed by atoms with Gasteiger partial charge >= 0.3 is 0 Å². The van der Waals surface area contributed by atoms with Gasteiger partial charge in [-0.3, -0.25) is 10.1 Å². The molecule has 0 aliphatic heterocycles. The summed E-state index contributed by atoms with van der Waals surface area (Å²) >= 11 is 1.06. The zero-order chi connectivity index (χ0) is 20.9. The van der Waals surface area contributed by atoms with Crippen molar-refractivity contribution >= 4 is 27.6 Å². The minimum atomic E-state index is -3.88. The molecule has 1 aromatic heterocycles. The Labute approximate surface area is 174 Å². The molecule has 0 aromatic carbocycles. The summed E-state index contributed by atoms with van der Waals surface area (Å²) in [4.78, 5) is 11.7. The number of aliphatic hydroxyl groups is 1. The molecule has 0 aliphatic carbocycles. The van der Waals surface area contributed by atoms with E-state index in [0.717, 1.165) is 30.6 Å². The molecule has 0 fully saturated rings. The molecule has 3 N–H and O–H groups in total. The highest BCUT2D eigenvalue weighted by Crippen LogP contribution is 2.18. The van der Waals surface area contributed by atoms with Gasteiger partial charge in [0.15, 0.2) is 11.9 Å². The van der Waals surface area contributed by atoms with Crippen molar-refractivity contribution in [2.45, 2.75) is 94.0 Å². The number of hydrogen-bond donors (Lipinski definition) is 3. The average molecular weight is 433 g/mol. The SMILES string of the molecule is CCCCCCCCCCCCN[C@](C=O)(NS(=O)(=O)c1cccs1)[C@@H](C)O. The predicted octanol–water partition coefficient (Wildman–Crippen LogP) is 3.81. The summed E-state index contributed by atoms with van der Waals surface area (Å²) in [5.74, 6) is 0. The molecule has 0 amide bonds. The van der Waals surface area contributed by atoms with E-state index < -0.39 is 21.8 Å². The van der Waals surface area contributed by atoms with Gasteiger partial charge in [0, 0.05) is 0 Å². The summed E-state index contributed by atoms with van der Waals surface area (Å²) in [5.41, 5.74) is -1.72. The average Bonchev–Trinajstić information content (AvgIpc) is 3.20. The van der Waals surface area contributed by atoms with Crippen molar-refractivity contribution in [2.24, 2.45) is 0 Å². The van der Waals surface area contributed by atoms with Gasteiger partial charge in [0.1, 0.15) is 4.21 Å². The third-order valence-electron chi connectivity index (χ3n) is 4.86. The van der Waals surface area contributed by atoms with Crippen molar-refractivity contribution in [3.8, 4) is 0 Å². The van der Waals surface area contributed by atoms with Crippen LogP contribution in [0, 0.1) is 0 Å². The number of thiophene rings is 1. The lowest BCUT2D eigenvalue weighted by Gasteiger charge is -2.32. The Bertz CT molecular complexity index is 633. The molecule has 0 radical (unpaired) electrons. The van der Waals surface area contributed by atoms with E-state index in [0.29, 0.717) is 12.8 Å². The Hall–Kier alpha value is -0.800. The Morgan fingerprint density at radius 3 is 2.14 bits per heavy atom. The lowest BCUT2D eigenvalue weighted by atomic mass is 10.1. The maximum Gasteiger partial charge on any atom is 0.252 e. The Balaban J connectivity index is 2.37. The van der Waals surface area contributed by atoms with Gasteiger partial charge in [-0.15, -0.1) is 11.3 Å². The zero-order valence-corrected chi connectivity index (χ0v) is 18.8. The Morgan fingerprint density at radius 1 is 1.11 bits per heavy atom. The second kappa shape index (κ2) is 13.4. The molecule has 6 nitrogen and oxygen atoms in total. The largest absolute Gasteiger partial charge is 0.390 e. The molecular formula is C20H36N2O4S2. The van der Waals surface area contributed by atoms with Gasteiger partial charge in [0.2, 0.25) is 0 Å². The summed E-state index contributed by atoms with van der Waals surface area (Å²) in [7, 11) is -3.88. The summed E-state index contributed by atoms with van der Waals surface area (Å²) in [6.45, 7) is 4.07. The molecule has 1 heterocycles.